The van der Waals surface area contributed by atoms with Crippen molar-refractivity contribution in [3.63, 3.8) is 0 Å². The van der Waals surface area contributed by atoms with E-state index < -0.39 is 40.7 Å². The Hall–Kier alpha value is -1.96. The van der Waals surface area contributed by atoms with E-state index >= 15 is 0 Å². The number of nitrogens with zero attached hydrogens (tertiary/aromatic N) is 2. The summed E-state index contributed by atoms with van der Waals surface area (Å²) < 4.78 is 68.0. The molecular weight excluding hydrogens is 293 g/mol. The van der Waals surface area contributed by atoms with Crippen molar-refractivity contribution >= 4 is 0 Å². The highest BCUT2D eigenvalue weighted by Crippen LogP contribution is 2.28. The van der Waals surface area contributed by atoms with Gasteiger partial charge in [-0.05, 0) is 13.0 Å². The SMILES string of the molecule is Cc1cc(CC(N)c2c(F)c(F)c(F)c(F)c2F)n(C)n1. The summed E-state index contributed by atoms with van der Waals surface area (Å²) in [6.45, 7) is 1.70. The van der Waals surface area contributed by atoms with Gasteiger partial charge in [-0.3, -0.25) is 4.68 Å². The largest absolute Gasteiger partial charge is 0.323 e. The standard InChI is InChI=1S/C13H12F5N3/c1-5-3-6(21(2)20-5)4-7(19)8-9(14)11(16)13(18)12(17)10(8)15/h3,7H,4,19H2,1-2H3. The zero-order chi connectivity index (χ0) is 15.9. The Labute approximate surface area is 117 Å². The number of aromatic nitrogens is 2. The Morgan fingerprint density at radius 1 is 1.05 bits per heavy atom. The molecule has 0 amide bonds. The summed E-state index contributed by atoms with van der Waals surface area (Å²) in [4.78, 5) is 0. The highest BCUT2D eigenvalue weighted by atomic mass is 19.2. The lowest BCUT2D eigenvalue weighted by Gasteiger charge is -2.15. The van der Waals surface area contributed by atoms with Gasteiger partial charge in [-0.25, -0.2) is 22.0 Å². The lowest BCUT2D eigenvalue weighted by atomic mass is 10.0. The lowest BCUT2D eigenvalue weighted by molar-refractivity contribution is 0.363. The van der Waals surface area contributed by atoms with E-state index in [2.05, 4.69) is 5.10 Å². The van der Waals surface area contributed by atoms with Gasteiger partial charge in [0.1, 0.15) is 0 Å². The molecular formula is C13H12F5N3. The molecule has 0 saturated carbocycles. The van der Waals surface area contributed by atoms with Crippen LogP contribution in [-0.2, 0) is 13.5 Å². The molecule has 1 atom stereocenters. The molecule has 1 heterocycles. The minimum Gasteiger partial charge on any atom is -0.323 e. The average molecular weight is 305 g/mol. The van der Waals surface area contributed by atoms with Gasteiger partial charge in [0.2, 0.25) is 5.82 Å². The first kappa shape index (κ1) is 15.4. The molecule has 0 fully saturated rings. The first-order valence-corrected chi connectivity index (χ1v) is 6.00. The maximum Gasteiger partial charge on any atom is 0.200 e. The van der Waals surface area contributed by atoms with Gasteiger partial charge in [0.05, 0.1) is 5.69 Å². The van der Waals surface area contributed by atoms with Crippen LogP contribution in [0.4, 0.5) is 22.0 Å². The van der Waals surface area contributed by atoms with Crippen LogP contribution in [-0.4, -0.2) is 9.78 Å². The van der Waals surface area contributed by atoms with E-state index in [1.54, 1.807) is 20.0 Å². The van der Waals surface area contributed by atoms with Gasteiger partial charge < -0.3 is 5.73 Å². The molecule has 114 valence electrons. The smallest absolute Gasteiger partial charge is 0.200 e. The van der Waals surface area contributed by atoms with Gasteiger partial charge in [0.15, 0.2) is 23.3 Å². The van der Waals surface area contributed by atoms with Gasteiger partial charge in [-0.2, -0.15) is 5.10 Å². The molecule has 2 rings (SSSR count). The molecule has 3 nitrogen and oxygen atoms in total. The van der Waals surface area contributed by atoms with E-state index in [0.29, 0.717) is 11.4 Å². The van der Waals surface area contributed by atoms with Crippen LogP contribution >= 0.6 is 0 Å². The number of hydrogen-bond acceptors (Lipinski definition) is 2. The summed E-state index contributed by atoms with van der Waals surface area (Å²) in [5, 5.41) is 4.02. The van der Waals surface area contributed by atoms with Gasteiger partial charge >= 0.3 is 0 Å². The summed E-state index contributed by atoms with van der Waals surface area (Å²) in [7, 11) is 1.59. The second-order valence-corrected chi connectivity index (χ2v) is 4.69. The fraction of sp³-hybridized carbons (Fsp3) is 0.308. The quantitative estimate of drug-likeness (QED) is 0.538. The fourth-order valence-electron chi connectivity index (χ4n) is 2.13. The van der Waals surface area contributed by atoms with Crippen LogP contribution < -0.4 is 5.73 Å². The van der Waals surface area contributed by atoms with Crippen LogP contribution in [0.2, 0.25) is 0 Å². The van der Waals surface area contributed by atoms with Crippen LogP contribution in [0.1, 0.15) is 23.0 Å². The molecule has 0 saturated heterocycles. The molecule has 21 heavy (non-hydrogen) atoms. The number of nitrogens with two attached hydrogens (primary N) is 1. The van der Waals surface area contributed by atoms with E-state index in [1.807, 2.05) is 0 Å². The highest BCUT2D eigenvalue weighted by molar-refractivity contribution is 5.28. The number of benzene rings is 1. The van der Waals surface area contributed by atoms with Crippen LogP contribution in [0.3, 0.4) is 0 Å². The summed E-state index contributed by atoms with van der Waals surface area (Å²) in [6, 6.07) is 0.232. The van der Waals surface area contributed by atoms with E-state index in [1.165, 1.54) is 4.68 Å². The molecule has 1 unspecified atom stereocenters. The Morgan fingerprint density at radius 3 is 1.95 bits per heavy atom. The zero-order valence-electron chi connectivity index (χ0n) is 11.2. The van der Waals surface area contributed by atoms with Crippen molar-refractivity contribution in [3.05, 3.63) is 52.1 Å². The predicted molar refractivity (Wildman–Crippen MR) is 64.8 cm³/mol. The van der Waals surface area contributed by atoms with Crippen molar-refractivity contribution in [2.24, 2.45) is 12.8 Å². The third-order valence-corrected chi connectivity index (χ3v) is 3.14. The summed E-state index contributed by atoms with van der Waals surface area (Å²) in [5.41, 5.74) is 5.76. The van der Waals surface area contributed by atoms with Crippen molar-refractivity contribution in [1.29, 1.82) is 0 Å². The molecule has 8 heteroatoms. The van der Waals surface area contributed by atoms with E-state index in [0.717, 1.165) is 0 Å². The summed E-state index contributed by atoms with van der Waals surface area (Å²) >= 11 is 0. The molecule has 1 aromatic carbocycles. The molecule has 0 bridgehead atoms. The summed E-state index contributed by atoms with van der Waals surface area (Å²) in [6.07, 6.45) is -0.115. The third kappa shape index (κ3) is 2.63. The van der Waals surface area contributed by atoms with Crippen LogP contribution in [0.25, 0.3) is 0 Å². The van der Waals surface area contributed by atoms with Crippen LogP contribution in [0.5, 0.6) is 0 Å². The van der Waals surface area contributed by atoms with E-state index in [-0.39, 0.29) is 6.42 Å². The minimum atomic E-state index is -2.20. The van der Waals surface area contributed by atoms with Crippen LogP contribution in [0.15, 0.2) is 6.07 Å². The predicted octanol–water partition coefficient (Wildman–Crippen LogP) is 2.67. The van der Waals surface area contributed by atoms with Crippen molar-refractivity contribution in [3.8, 4) is 0 Å². The van der Waals surface area contributed by atoms with Crippen molar-refractivity contribution in [2.75, 3.05) is 0 Å². The maximum atomic E-state index is 13.6. The topological polar surface area (TPSA) is 43.8 Å². The van der Waals surface area contributed by atoms with Crippen molar-refractivity contribution < 1.29 is 22.0 Å². The van der Waals surface area contributed by atoms with Gasteiger partial charge in [0.25, 0.3) is 0 Å². The third-order valence-electron chi connectivity index (χ3n) is 3.14. The Morgan fingerprint density at radius 2 is 1.52 bits per heavy atom. The second-order valence-electron chi connectivity index (χ2n) is 4.69. The first-order valence-electron chi connectivity index (χ1n) is 6.00. The second kappa shape index (κ2) is 5.44. The lowest BCUT2D eigenvalue weighted by Crippen LogP contribution is -2.21. The molecule has 0 radical (unpaired) electrons. The Kier molecular flexibility index (Phi) is 3.99. The number of aryl methyl sites for hydroxylation is 2. The fourth-order valence-corrected chi connectivity index (χ4v) is 2.13. The Balaban J connectivity index is 2.44. The highest BCUT2D eigenvalue weighted by Gasteiger charge is 2.29. The number of rotatable bonds is 3. The van der Waals surface area contributed by atoms with Crippen molar-refractivity contribution in [1.82, 2.24) is 9.78 Å². The number of hydrogen-bond donors (Lipinski definition) is 1. The maximum absolute atomic E-state index is 13.6. The van der Waals surface area contributed by atoms with Gasteiger partial charge in [-0.1, -0.05) is 0 Å². The van der Waals surface area contributed by atoms with E-state index in [9.17, 15) is 22.0 Å². The normalized spacial score (nSPS) is 12.8. The average Bonchev–Trinajstić information content (AvgIpc) is 2.72. The number of halogens is 5. The minimum absolute atomic E-state index is 0.115. The molecule has 0 aliphatic heterocycles. The first-order chi connectivity index (χ1) is 9.73. The molecule has 1 aromatic heterocycles. The monoisotopic (exact) mass is 305 g/mol. The molecule has 0 spiro atoms. The van der Waals surface area contributed by atoms with Crippen molar-refractivity contribution in [2.45, 2.75) is 19.4 Å². The van der Waals surface area contributed by atoms with Gasteiger partial charge in [-0.15, -0.1) is 0 Å². The zero-order valence-corrected chi connectivity index (χ0v) is 11.2. The van der Waals surface area contributed by atoms with Gasteiger partial charge in [0, 0.05) is 30.8 Å². The Bertz CT molecular complexity index is 667. The molecule has 2 aromatic rings. The molecule has 0 aliphatic rings. The molecule has 2 N–H and O–H groups in total. The van der Waals surface area contributed by atoms with E-state index in [4.69, 9.17) is 5.73 Å². The molecule has 0 aliphatic carbocycles. The summed E-state index contributed by atoms with van der Waals surface area (Å²) in [5.74, 6) is -10.0. The van der Waals surface area contributed by atoms with Crippen LogP contribution in [0, 0.1) is 36.0 Å².